The van der Waals surface area contributed by atoms with Crippen LogP contribution in [0.4, 0.5) is 11.4 Å². The Labute approximate surface area is 123 Å². The molecule has 1 N–H and O–H groups in total. The van der Waals surface area contributed by atoms with E-state index in [0.29, 0.717) is 6.04 Å². The van der Waals surface area contributed by atoms with Crippen LogP contribution in [0.2, 0.25) is 0 Å². The molecule has 3 nitrogen and oxygen atoms in total. The monoisotopic (exact) mass is 273 g/mol. The first-order valence-corrected chi connectivity index (χ1v) is 8.10. The fourth-order valence-corrected chi connectivity index (χ4v) is 3.64. The standard InChI is InChI=1S/C17H27N3/c1-3-15-13-19(2)11-6-12-20(15)16-9-4-7-14-8-5-10-18-17(14)16/h4,7,9,15,18H,3,5-6,8,10-13H2,1-2H3. The number of rotatable bonds is 2. The van der Waals surface area contributed by atoms with Gasteiger partial charge < -0.3 is 15.1 Å². The normalized spacial score (nSPS) is 23.9. The molecule has 0 aromatic heterocycles. The topological polar surface area (TPSA) is 18.5 Å². The van der Waals surface area contributed by atoms with Crippen LogP contribution in [0.15, 0.2) is 18.2 Å². The Hall–Kier alpha value is -1.22. The summed E-state index contributed by atoms with van der Waals surface area (Å²) in [6.45, 7) is 7.02. The molecule has 0 aliphatic carbocycles. The third-order valence-corrected chi connectivity index (χ3v) is 4.74. The SMILES string of the molecule is CCC1CN(C)CCCN1c1cccc2c1NCCC2. The van der Waals surface area contributed by atoms with Crippen molar-refractivity contribution in [2.24, 2.45) is 0 Å². The molecule has 0 spiro atoms. The van der Waals surface area contributed by atoms with Gasteiger partial charge in [0.05, 0.1) is 11.4 Å². The van der Waals surface area contributed by atoms with E-state index in [9.17, 15) is 0 Å². The van der Waals surface area contributed by atoms with Crippen molar-refractivity contribution in [3.63, 3.8) is 0 Å². The third-order valence-electron chi connectivity index (χ3n) is 4.74. The Morgan fingerprint density at radius 1 is 1.25 bits per heavy atom. The van der Waals surface area contributed by atoms with Crippen LogP contribution in [0.25, 0.3) is 0 Å². The summed E-state index contributed by atoms with van der Waals surface area (Å²) in [4.78, 5) is 5.14. The lowest BCUT2D eigenvalue weighted by Gasteiger charge is -2.35. The number of hydrogen-bond donors (Lipinski definition) is 1. The van der Waals surface area contributed by atoms with E-state index in [-0.39, 0.29) is 0 Å². The van der Waals surface area contributed by atoms with Gasteiger partial charge in [0.15, 0.2) is 0 Å². The molecule has 2 heterocycles. The van der Waals surface area contributed by atoms with E-state index in [2.05, 4.69) is 47.3 Å². The van der Waals surface area contributed by atoms with E-state index in [1.807, 2.05) is 0 Å². The molecule has 1 aromatic rings. The van der Waals surface area contributed by atoms with E-state index in [1.54, 1.807) is 0 Å². The zero-order chi connectivity index (χ0) is 13.9. The molecule has 0 bridgehead atoms. The zero-order valence-electron chi connectivity index (χ0n) is 12.9. The van der Waals surface area contributed by atoms with Gasteiger partial charge >= 0.3 is 0 Å². The lowest BCUT2D eigenvalue weighted by Crippen LogP contribution is -2.40. The van der Waals surface area contributed by atoms with Gasteiger partial charge in [0, 0.05) is 25.7 Å². The first-order valence-electron chi connectivity index (χ1n) is 8.10. The van der Waals surface area contributed by atoms with Crippen molar-refractivity contribution in [1.29, 1.82) is 0 Å². The number of likely N-dealkylation sites (N-methyl/N-ethyl adjacent to an activating group) is 1. The Morgan fingerprint density at radius 3 is 3.00 bits per heavy atom. The molecule has 2 aliphatic heterocycles. The van der Waals surface area contributed by atoms with E-state index in [4.69, 9.17) is 0 Å². The summed E-state index contributed by atoms with van der Waals surface area (Å²) in [7, 11) is 2.25. The third kappa shape index (κ3) is 2.64. The first kappa shape index (κ1) is 13.7. The Balaban J connectivity index is 1.94. The molecule has 1 saturated heterocycles. The highest BCUT2D eigenvalue weighted by molar-refractivity contribution is 5.75. The number of aryl methyl sites for hydroxylation is 1. The van der Waals surface area contributed by atoms with E-state index in [1.165, 1.54) is 62.3 Å². The van der Waals surface area contributed by atoms with Crippen molar-refractivity contribution in [3.8, 4) is 0 Å². The minimum Gasteiger partial charge on any atom is -0.383 e. The summed E-state index contributed by atoms with van der Waals surface area (Å²) in [5.74, 6) is 0. The Kier molecular flexibility index (Phi) is 4.16. The quantitative estimate of drug-likeness (QED) is 0.894. The maximum Gasteiger partial charge on any atom is 0.0610 e. The van der Waals surface area contributed by atoms with E-state index < -0.39 is 0 Å². The molecule has 20 heavy (non-hydrogen) atoms. The fourth-order valence-electron chi connectivity index (χ4n) is 3.64. The van der Waals surface area contributed by atoms with Crippen LogP contribution in [0.3, 0.4) is 0 Å². The van der Waals surface area contributed by atoms with Crippen molar-refractivity contribution in [2.45, 2.75) is 38.6 Å². The molecule has 1 atom stereocenters. The number of nitrogens with zero attached hydrogens (tertiary/aromatic N) is 2. The largest absolute Gasteiger partial charge is 0.383 e. The second-order valence-corrected chi connectivity index (χ2v) is 6.21. The van der Waals surface area contributed by atoms with Crippen molar-refractivity contribution >= 4 is 11.4 Å². The number of nitrogens with one attached hydrogen (secondary N) is 1. The molecule has 0 amide bonds. The molecule has 3 rings (SSSR count). The summed E-state index contributed by atoms with van der Waals surface area (Å²) in [5, 5.41) is 3.65. The Morgan fingerprint density at radius 2 is 2.15 bits per heavy atom. The minimum atomic E-state index is 0.637. The number of para-hydroxylation sites is 1. The second-order valence-electron chi connectivity index (χ2n) is 6.21. The van der Waals surface area contributed by atoms with Gasteiger partial charge in [0.1, 0.15) is 0 Å². The molecule has 2 aliphatic rings. The average Bonchev–Trinajstić information content (AvgIpc) is 2.68. The van der Waals surface area contributed by atoms with Crippen LogP contribution in [0.5, 0.6) is 0 Å². The average molecular weight is 273 g/mol. The van der Waals surface area contributed by atoms with Crippen molar-refractivity contribution in [2.75, 3.05) is 43.4 Å². The van der Waals surface area contributed by atoms with Gasteiger partial charge in [-0.3, -0.25) is 0 Å². The summed E-state index contributed by atoms with van der Waals surface area (Å²) in [5.41, 5.74) is 4.34. The predicted octanol–water partition coefficient (Wildman–Crippen LogP) is 2.97. The van der Waals surface area contributed by atoms with Crippen LogP contribution in [0.1, 0.15) is 31.7 Å². The summed E-state index contributed by atoms with van der Waals surface area (Å²) in [6.07, 6.45) is 4.96. The van der Waals surface area contributed by atoms with Gasteiger partial charge in [-0.25, -0.2) is 0 Å². The van der Waals surface area contributed by atoms with Gasteiger partial charge in [-0.1, -0.05) is 19.1 Å². The van der Waals surface area contributed by atoms with E-state index >= 15 is 0 Å². The zero-order valence-corrected chi connectivity index (χ0v) is 12.9. The Bertz CT molecular complexity index is 458. The molecule has 3 heteroatoms. The molecule has 110 valence electrons. The molecule has 0 saturated carbocycles. The predicted molar refractivity (Wildman–Crippen MR) is 86.8 cm³/mol. The highest BCUT2D eigenvalue weighted by Crippen LogP contribution is 2.35. The highest BCUT2D eigenvalue weighted by atomic mass is 15.2. The van der Waals surface area contributed by atoms with Gasteiger partial charge in [-0.2, -0.15) is 0 Å². The molecular weight excluding hydrogens is 246 g/mol. The molecule has 1 aromatic carbocycles. The van der Waals surface area contributed by atoms with Gasteiger partial charge in [-0.05, 0) is 50.9 Å². The van der Waals surface area contributed by atoms with Crippen LogP contribution in [-0.2, 0) is 6.42 Å². The van der Waals surface area contributed by atoms with Crippen LogP contribution in [-0.4, -0.2) is 44.2 Å². The molecular formula is C17H27N3. The highest BCUT2D eigenvalue weighted by Gasteiger charge is 2.25. The number of anilines is 2. The van der Waals surface area contributed by atoms with Crippen molar-refractivity contribution < 1.29 is 0 Å². The van der Waals surface area contributed by atoms with Gasteiger partial charge in [0.2, 0.25) is 0 Å². The van der Waals surface area contributed by atoms with Crippen LogP contribution >= 0.6 is 0 Å². The van der Waals surface area contributed by atoms with E-state index in [0.717, 1.165) is 6.54 Å². The fraction of sp³-hybridized carbons (Fsp3) is 0.647. The molecule has 1 fully saturated rings. The number of benzene rings is 1. The summed E-state index contributed by atoms with van der Waals surface area (Å²) >= 11 is 0. The molecule has 1 unspecified atom stereocenters. The lowest BCUT2D eigenvalue weighted by molar-refractivity contribution is 0.328. The number of fused-ring (bicyclic) bond motifs is 1. The van der Waals surface area contributed by atoms with Gasteiger partial charge in [0.25, 0.3) is 0 Å². The summed E-state index contributed by atoms with van der Waals surface area (Å²) in [6, 6.07) is 7.47. The van der Waals surface area contributed by atoms with Gasteiger partial charge in [-0.15, -0.1) is 0 Å². The lowest BCUT2D eigenvalue weighted by atomic mass is 10.0. The van der Waals surface area contributed by atoms with Crippen molar-refractivity contribution in [1.82, 2.24) is 4.90 Å². The second kappa shape index (κ2) is 6.04. The smallest absolute Gasteiger partial charge is 0.0610 e. The minimum absolute atomic E-state index is 0.637. The maximum atomic E-state index is 3.65. The van der Waals surface area contributed by atoms with Crippen LogP contribution in [0, 0.1) is 0 Å². The van der Waals surface area contributed by atoms with Crippen molar-refractivity contribution in [3.05, 3.63) is 23.8 Å². The van der Waals surface area contributed by atoms with Crippen LogP contribution < -0.4 is 10.2 Å². The summed E-state index contributed by atoms with van der Waals surface area (Å²) < 4.78 is 0. The maximum absolute atomic E-state index is 3.65. The first-order chi connectivity index (χ1) is 9.79. The molecule has 0 radical (unpaired) electrons. The number of hydrogen-bond acceptors (Lipinski definition) is 3.